The Bertz CT molecular complexity index is 934. The summed E-state index contributed by atoms with van der Waals surface area (Å²) in [7, 11) is 1.40. The van der Waals surface area contributed by atoms with Gasteiger partial charge in [-0.05, 0) is 42.0 Å². The molecule has 1 amide bonds. The average molecular weight is 431 g/mol. The fraction of sp³-hybridized carbons (Fsp3) is 0.105. The molecule has 0 bridgehead atoms. The number of ether oxygens (including phenoxy) is 2. The molecule has 0 aliphatic carbocycles. The number of carboxylic acids is 1. The Morgan fingerprint density at radius 1 is 1.26 bits per heavy atom. The fourth-order valence-corrected chi connectivity index (χ4v) is 2.51. The first kappa shape index (κ1) is 20.0. The number of rotatable bonds is 7. The zero-order valence-electron chi connectivity index (χ0n) is 14.2. The van der Waals surface area contributed by atoms with Gasteiger partial charge in [-0.3, -0.25) is 4.79 Å². The van der Waals surface area contributed by atoms with Crippen LogP contribution in [0.1, 0.15) is 5.56 Å². The number of halogens is 1. The summed E-state index contributed by atoms with van der Waals surface area (Å²) in [6.07, 6.45) is 1.40. The highest BCUT2D eigenvalue weighted by molar-refractivity contribution is 9.10. The van der Waals surface area contributed by atoms with Gasteiger partial charge < -0.3 is 19.9 Å². The molecule has 0 saturated carbocycles. The van der Waals surface area contributed by atoms with Crippen molar-refractivity contribution in [2.75, 3.05) is 19.0 Å². The molecule has 2 N–H and O–H groups in total. The van der Waals surface area contributed by atoms with Crippen molar-refractivity contribution in [3.05, 3.63) is 58.1 Å². The van der Waals surface area contributed by atoms with E-state index in [1.54, 1.807) is 30.3 Å². The smallest absolute Gasteiger partial charge is 0.341 e. The lowest BCUT2D eigenvalue weighted by molar-refractivity contribution is -0.139. The van der Waals surface area contributed by atoms with E-state index in [0.717, 1.165) is 4.47 Å². The third-order valence-corrected chi connectivity index (χ3v) is 3.79. The van der Waals surface area contributed by atoms with E-state index in [1.807, 2.05) is 12.1 Å². The third kappa shape index (κ3) is 5.87. The molecule has 2 aromatic rings. The minimum atomic E-state index is -1.11. The van der Waals surface area contributed by atoms with E-state index in [9.17, 15) is 14.9 Å². The molecular formula is C19H15BrN2O5. The van der Waals surface area contributed by atoms with Crippen molar-refractivity contribution < 1.29 is 24.2 Å². The normalized spacial score (nSPS) is 10.6. The Kier molecular flexibility index (Phi) is 6.97. The van der Waals surface area contributed by atoms with Gasteiger partial charge in [-0.2, -0.15) is 5.26 Å². The summed E-state index contributed by atoms with van der Waals surface area (Å²) in [5.74, 6) is -1.14. The number of benzene rings is 2. The first-order chi connectivity index (χ1) is 12.9. The van der Waals surface area contributed by atoms with Crippen LogP contribution in [0.3, 0.4) is 0 Å². The van der Waals surface area contributed by atoms with Gasteiger partial charge in [0.2, 0.25) is 0 Å². The van der Waals surface area contributed by atoms with Crippen LogP contribution in [-0.4, -0.2) is 30.7 Å². The molecule has 0 radical (unpaired) electrons. The number of hydrogen-bond donors (Lipinski definition) is 2. The van der Waals surface area contributed by atoms with Crippen LogP contribution in [0.15, 0.2) is 52.5 Å². The lowest BCUT2D eigenvalue weighted by atomic mass is 10.1. The van der Waals surface area contributed by atoms with Crippen molar-refractivity contribution in [2.45, 2.75) is 0 Å². The number of methoxy groups -OCH3 is 1. The molecule has 7 nitrogen and oxygen atoms in total. The van der Waals surface area contributed by atoms with Gasteiger partial charge in [0.25, 0.3) is 5.91 Å². The summed E-state index contributed by atoms with van der Waals surface area (Å²) in [6.45, 7) is -0.510. The summed E-state index contributed by atoms with van der Waals surface area (Å²) >= 11 is 3.31. The first-order valence-electron chi connectivity index (χ1n) is 7.64. The van der Waals surface area contributed by atoms with Crippen molar-refractivity contribution >= 4 is 39.6 Å². The molecule has 0 heterocycles. The van der Waals surface area contributed by atoms with E-state index in [0.29, 0.717) is 11.3 Å². The van der Waals surface area contributed by atoms with Crippen molar-refractivity contribution in [1.29, 1.82) is 5.26 Å². The van der Waals surface area contributed by atoms with E-state index in [-0.39, 0.29) is 17.1 Å². The maximum Gasteiger partial charge on any atom is 0.341 e. The van der Waals surface area contributed by atoms with Gasteiger partial charge in [0, 0.05) is 10.2 Å². The van der Waals surface area contributed by atoms with Gasteiger partial charge in [0.1, 0.15) is 11.6 Å². The number of carbonyl (C=O) groups excluding carboxylic acids is 1. The minimum absolute atomic E-state index is 0.101. The van der Waals surface area contributed by atoms with Crippen molar-refractivity contribution in [3.63, 3.8) is 0 Å². The molecule has 0 spiro atoms. The number of nitrogens with one attached hydrogen (secondary N) is 1. The average Bonchev–Trinajstić information content (AvgIpc) is 2.64. The molecule has 0 aromatic heterocycles. The number of hydrogen-bond acceptors (Lipinski definition) is 5. The van der Waals surface area contributed by atoms with Crippen molar-refractivity contribution in [1.82, 2.24) is 0 Å². The molecule has 0 fully saturated rings. The predicted molar refractivity (Wildman–Crippen MR) is 102 cm³/mol. The van der Waals surface area contributed by atoms with Gasteiger partial charge in [0.05, 0.1) is 7.11 Å². The molecule has 0 atom stereocenters. The SMILES string of the molecule is COc1cc(C=C(C#N)C(=O)Nc2cccc(Br)c2)ccc1OCC(=O)O. The third-order valence-electron chi connectivity index (χ3n) is 3.30. The van der Waals surface area contributed by atoms with Crippen LogP contribution in [0, 0.1) is 11.3 Å². The Morgan fingerprint density at radius 3 is 2.67 bits per heavy atom. The van der Waals surface area contributed by atoms with Crippen molar-refractivity contribution in [2.24, 2.45) is 0 Å². The van der Waals surface area contributed by atoms with Crippen LogP contribution in [0.25, 0.3) is 6.08 Å². The van der Waals surface area contributed by atoms with Crippen LogP contribution < -0.4 is 14.8 Å². The molecule has 0 saturated heterocycles. The maximum absolute atomic E-state index is 12.3. The second-order valence-corrected chi connectivity index (χ2v) is 6.14. The summed E-state index contributed by atoms with van der Waals surface area (Å²) in [5.41, 5.74) is 0.970. The van der Waals surface area contributed by atoms with E-state index >= 15 is 0 Å². The highest BCUT2D eigenvalue weighted by Crippen LogP contribution is 2.29. The number of amides is 1. The second kappa shape index (κ2) is 9.40. The van der Waals surface area contributed by atoms with Crippen LogP contribution in [0.2, 0.25) is 0 Å². The number of carboxylic acid groups (broad SMARTS) is 1. The Labute approximate surface area is 164 Å². The quantitative estimate of drug-likeness (QED) is 0.514. The monoisotopic (exact) mass is 430 g/mol. The van der Waals surface area contributed by atoms with Gasteiger partial charge in [-0.15, -0.1) is 0 Å². The van der Waals surface area contributed by atoms with Gasteiger partial charge in [-0.25, -0.2) is 4.79 Å². The molecule has 138 valence electrons. The van der Waals surface area contributed by atoms with Gasteiger partial charge in [0.15, 0.2) is 18.1 Å². The molecule has 8 heteroatoms. The number of carbonyl (C=O) groups is 2. The van der Waals surface area contributed by atoms with Crippen LogP contribution >= 0.6 is 15.9 Å². The molecule has 0 unspecified atom stereocenters. The zero-order valence-corrected chi connectivity index (χ0v) is 15.8. The van der Waals surface area contributed by atoms with Crippen molar-refractivity contribution in [3.8, 4) is 17.6 Å². The Hall–Kier alpha value is -3.31. The maximum atomic E-state index is 12.3. The lowest BCUT2D eigenvalue weighted by Crippen LogP contribution is -2.13. The second-order valence-electron chi connectivity index (χ2n) is 5.23. The topological polar surface area (TPSA) is 109 Å². The molecule has 0 aliphatic rings. The molecule has 27 heavy (non-hydrogen) atoms. The standard InChI is InChI=1S/C19H15BrN2O5/c1-26-17-8-12(5-6-16(17)27-11-18(23)24)7-13(10-21)19(25)22-15-4-2-3-14(20)9-15/h2-9H,11H2,1H3,(H,22,25)(H,23,24). The first-order valence-corrected chi connectivity index (χ1v) is 8.43. The van der Waals surface area contributed by atoms with E-state index in [4.69, 9.17) is 14.6 Å². The molecular weight excluding hydrogens is 416 g/mol. The number of nitriles is 1. The van der Waals surface area contributed by atoms with Crippen LogP contribution in [0.5, 0.6) is 11.5 Å². The van der Waals surface area contributed by atoms with Crippen LogP contribution in [-0.2, 0) is 9.59 Å². The number of anilines is 1. The highest BCUT2D eigenvalue weighted by atomic mass is 79.9. The van der Waals surface area contributed by atoms with E-state index in [2.05, 4.69) is 21.2 Å². The summed E-state index contributed by atoms with van der Waals surface area (Å²) in [4.78, 5) is 22.9. The lowest BCUT2D eigenvalue weighted by Gasteiger charge is -2.10. The Balaban J connectivity index is 2.22. The predicted octanol–water partition coefficient (Wildman–Crippen LogP) is 3.47. The number of aliphatic carboxylic acids is 1. The van der Waals surface area contributed by atoms with Crippen LogP contribution in [0.4, 0.5) is 5.69 Å². The largest absolute Gasteiger partial charge is 0.493 e. The van der Waals surface area contributed by atoms with Gasteiger partial charge in [-0.1, -0.05) is 28.1 Å². The highest BCUT2D eigenvalue weighted by Gasteiger charge is 2.12. The molecule has 2 rings (SSSR count). The minimum Gasteiger partial charge on any atom is -0.493 e. The van der Waals surface area contributed by atoms with E-state index < -0.39 is 18.5 Å². The summed E-state index contributed by atoms with van der Waals surface area (Å²) < 4.78 is 11.1. The number of nitrogens with zero attached hydrogens (tertiary/aromatic N) is 1. The zero-order chi connectivity index (χ0) is 19.8. The Morgan fingerprint density at radius 2 is 2.04 bits per heavy atom. The fourth-order valence-electron chi connectivity index (χ4n) is 2.11. The van der Waals surface area contributed by atoms with E-state index in [1.165, 1.54) is 19.3 Å². The summed E-state index contributed by atoms with van der Waals surface area (Å²) in [6, 6.07) is 13.5. The van der Waals surface area contributed by atoms with Gasteiger partial charge >= 0.3 is 5.97 Å². The molecule has 0 aliphatic heterocycles. The summed E-state index contributed by atoms with van der Waals surface area (Å²) in [5, 5.41) is 20.6. The molecule has 2 aromatic carbocycles.